The standard InChI is InChI=1S/C10H8FNO/c1-3-13-10-4-7(2)9(11)5-8(10)6-12/h3-5H,1H2,2H3. The lowest BCUT2D eigenvalue weighted by Gasteiger charge is -2.04. The van der Waals surface area contributed by atoms with Gasteiger partial charge in [-0.2, -0.15) is 5.26 Å². The highest BCUT2D eigenvalue weighted by Gasteiger charge is 2.06. The van der Waals surface area contributed by atoms with E-state index in [1.807, 2.05) is 6.07 Å². The van der Waals surface area contributed by atoms with Crippen molar-refractivity contribution in [3.05, 3.63) is 41.9 Å². The van der Waals surface area contributed by atoms with Crippen LogP contribution in [0, 0.1) is 24.1 Å². The Morgan fingerprint density at radius 2 is 2.31 bits per heavy atom. The van der Waals surface area contributed by atoms with Crippen LogP contribution >= 0.6 is 0 Å². The first-order valence-electron chi connectivity index (χ1n) is 3.67. The maximum atomic E-state index is 13.0. The number of rotatable bonds is 2. The minimum absolute atomic E-state index is 0.169. The molecule has 1 rings (SSSR count). The monoisotopic (exact) mass is 177 g/mol. The van der Waals surface area contributed by atoms with E-state index >= 15 is 0 Å². The molecule has 0 fully saturated rings. The smallest absolute Gasteiger partial charge is 0.144 e. The highest BCUT2D eigenvalue weighted by molar-refractivity contribution is 5.46. The predicted octanol–water partition coefficient (Wildman–Crippen LogP) is 2.53. The molecule has 0 aliphatic carbocycles. The first-order chi connectivity index (χ1) is 6.19. The maximum absolute atomic E-state index is 13.0. The van der Waals surface area contributed by atoms with Crippen molar-refractivity contribution in [3.8, 4) is 11.8 Å². The molecule has 66 valence electrons. The molecule has 13 heavy (non-hydrogen) atoms. The van der Waals surface area contributed by atoms with Gasteiger partial charge in [-0.3, -0.25) is 0 Å². The molecule has 0 atom stereocenters. The second kappa shape index (κ2) is 3.72. The summed E-state index contributed by atoms with van der Waals surface area (Å²) >= 11 is 0. The number of hydrogen-bond donors (Lipinski definition) is 0. The Kier molecular flexibility index (Phi) is 2.65. The van der Waals surface area contributed by atoms with Gasteiger partial charge in [0.1, 0.15) is 17.6 Å². The second-order valence-corrected chi connectivity index (χ2v) is 2.49. The zero-order chi connectivity index (χ0) is 9.84. The third-order valence-electron chi connectivity index (χ3n) is 1.59. The van der Waals surface area contributed by atoms with Crippen molar-refractivity contribution in [1.82, 2.24) is 0 Å². The molecule has 0 aliphatic heterocycles. The molecule has 0 heterocycles. The average Bonchev–Trinajstić information content (AvgIpc) is 2.11. The summed E-state index contributed by atoms with van der Waals surface area (Å²) in [5.74, 6) is -0.0793. The molecule has 0 amide bonds. The molecule has 1 aromatic carbocycles. The summed E-state index contributed by atoms with van der Waals surface area (Å²) in [6.45, 7) is 4.96. The molecule has 0 unspecified atom stereocenters. The van der Waals surface area contributed by atoms with Gasteiger partial charge in [0.15, 0.2) is 0 Å². The van der Waals surface area contributed by atoms with Crippen LogP contribution in [-0.4, -0.2) is 0 Å². The largest absolute Gasteiger partial charge is 0.464 e. The van der Waals surface area contributed by atoms with E-state index in [4.69, 9.17) is 10.00 Å². The lowest BCUT2D eigenvalue weighted by atomic mass is 10.1. The zero-order valence-corrected chi connectivity index (χ0v) is 7.17. The van der Waals surface area contributed by atoms with E-state index in [1.165, 1.54) is 12.3 Å². The van der Waals surface area contributed by atoms with Crippen LogP contribution in [0.15, 0.2) is 25.0 Å². The first-order valence-corrected chi connectivity index (χ1v) is 3.67. The minimum atomic E-state index is -0.409. The lowest BCUT2D eigenvalue weighted by Crippen LogP contribution is -1.90. The van der Waals surface area contributed by atoms with E-state index in [0.717, 1.165) is 6.07 Å². The Morgan fingerprint density at radius 3 is 2.85 bits per heavy atom. The quantitative estimate of drug-likeness (QED) is 0.650. The van der Waals surface area contributed by atoms with Crippen molar-refractivity contribution in [3.63, 3.8) is 0 Å². The summed E-state index contributed by atoms with van der Waals surface area (Å²) in [4.78, 5) is 0. The SMILES string of the molecule is C=COc1cc(C)c(F)cc1C#N. The molecule has 0 spiro atoms. The number of benzene rings is 1. The predicted molar refractivity (Wildman–Crippen MR) is 46.7 cm³/mol. The highest BCUT2D eigenvalue weighted by atomic mass is 19.1. The van der Waals surface area contributed by atoms with Crippen molar-refractivity contribution in [2.75, 3.05) is 0 Å². The van der Waals surface area contributed by atoms with Crippen LogP contribution in [-0.2, 0) is 0 Å². The molecule has 0 aliphatic rings. The molecule has 0 saturated heterocycles. The summed E-state index contributed by atoms with van der Waals surface area (Å²) in [5.41, 5.74) is 0.610. The molecule has 1 aromatic rings. The second-order valence-electron chi connectivity index (χ2n) is 2.49. The Morgan fingerprint density at radius 1 is 1.62 bits per heavy atom. The van der Waals surface area contributed by atoms with Crippen LogP contribution in [0.2, 0.25) is 0 Å². The zero-order valence-electron chi connectivity index (χ0n) is 7.17. The van der Waals surface area contributed by atoms with Gasteiger partial charge in [-0.05, 0) is 24.6 Å². The fourth-order valence-corrected chi connectivity index (χ4v) is 0.930. The first kappa shape index (κ1) is 9.27. The van der Waals surface area contributed by atoms with Gasteiger partial charge in [-0.25, -0.2) is 4.39 Å². The van der Waals surface area contributed by atoms with E-state index in [1.54, 1.807) is 6.92 Å². The van der Waals surface area contributed by atoms with Gasteiger partial charge in [0, 0.05) is 0 Å². The van der Waals surface area contributed by atoms with Crippen molar-refractivity contribution in [2.24, 2.45) is 0 Å². The summed E-state index contributed by atoms with van der Waals surface area (Å²) in [7, 11) is 0. The van der Waals surface area contributed by atoms with E-state index in [2.05, 4.69) is 6.58 Å². The van der Waals surface area contributed by atoms with Gasteiger partial charge >= 0.3 is 0 Å². The fourth-order valence-electron chi connectivity index (χ4n) is 0.930. The maximum Gasteiger partial charge on any atom is 0.144 e. The summed E-state index contributed by atoms with van der Waals surface area (Å²) < 4.78 is 17.9. The van der Waals surface area contributed by atoms with E-state index < -0.39 is 5.82 Å². The molecule has 0 bridgehead atoms. The topological polar surface area (TPSA) is 33.0 Å². The average molecular weight is 177 g/mol. The highest BCUT2D eigenvalue weighted by Crippen LogP contribution is 2.21. The molecule has 0 N–H and O–H groups in total. The van der Waals surface area contributed by atoms with Crippen LogP contribution < -0.4 is 4.74 Å². The van der Waals surface area contributed by atoms with Gasteiger partial charge in [-0.1, -0.05) is 6.58 Å². The van der Waals surface area contributed by atoms with E-state index in [9.17, 15) is 4.39 Å². The van der Waals surface area contributed by atoms with Crippen LogP contribution in [0.4, 0.5) is 4.39 Å². The third kappa shape index (κ3) is 1.85. The van der Waals surface area contributed by atoms with Gasteiger partial charge in [0.2, 0.25) is 0 Å². The molecule has 2 nitrogen and oxygen atoms in total. The fraction of sp³-hybridized carbons (Fsp3) is 0.100. The van der Waals surface area contributed by atoms with Crippen LogP contribution in [0.5, 0.6) is 5.75 Å². The van der Waals surface area contributed by atoms with Gasteiger partial charge in [0.25, 0.3) is 0 Å². The molecular weight excluding hydrogens is 169 g/mol. The van der Waals surface area contributed by atoms with Crippen LogP contribution in [0.3, 0.4) is 0 Å². The summed E-state index contributed by atoms with van der Waals surface area (Å²) in [6, 6.07) is 4.45. The minimum Gasteiger partial charge on any atom is -0.464 e. The number of nitrogens with zero attached hydrogens (tertiary/aromatic N) is 1. The Bertz CT molecular complexity index is 379. The Balaban J connectivity index is 3.26. The number of nitriles is 1. The summed E-state index contributed by atoms with van der Waals surface area (Å²) in [6.07, 6.45) is 1.20. The van der Waals surface area contributed by atoms with Gasteiger partial charge in [-0.15, -0.1) is 0 Å². The Labute approximate surface area is 75.9 Å². The van der Waals surface area contributed by atoms with Crippen molar-refractivity contribution < 1.29 is 9.13 Å². The van der Waals surface area contributed by atoms with E-state index in [-0.39, 0.29) is 5.56 Å². The van der Waals surface area contributed by atoms with Crippen molar-refractivity contribution in [1.29, 1.82) is 5.26 Å². The number of ether oxygens (including phenoxy) is 1. The molecule has 0 saturated carbocycles. The molecular formula is C10H8FNO. The lowest BCUT2D eigenvalue weighted by molar-refractivity contribution is 0.478. The summed E-state index contributed by atoms with van der Waals surface area (Å²) in [5, 5.41) is 8.63. The van der Waals surface area contributed by atoms with Crippen LogP contribution in [0.1, 0.15) is 11.1 Å². The van der Waals surface area contributed by atoms with Gasteiger partial charge in [0.05, 0.1) is 11.8 Å². The number of aryl methyl sites for hydroxylation is 1. The molecule has 0 radical (unpaired) electrons. The van der Waals surface area contributed by atoms with Crippen molar-refractivity contribution in [2.45, 2.75) is 6.92 Å². The molecule has 0 aromatic heterocycles. The normalized spacial score (nSPS) is 9.00. The number of hydrogen-bond acceptors (Lipinski definition) is 2. The van der Waals surface area contributed by atoms with Gasteiger partial charge < -0.3 is 4.74 Å². The third-order valence-corrected chi connectivity index (χ3v) is 1.59. The molecule has 3 heteroatoms. The van der Waals surface area contributed by atoms with Crippen molar-refractivity contribution >= 4 is 0 Å². The van der Waals surface area contributed by atoms with Crippen LogP contribution in [0.25, 0.3) is 0 Å². The number of halogens is 1. The Hall–Kier alpha value is -1.82. The van der Waals surface area contributed by atoms with E-state index in [0.29, 0.717) is 11.3 Å².